The number of anilines is 1. The van der Waals surface area contributed by atoms with Crippen LogP contribution in [0.3, 0.4) is 0 Å². The standard InChI is InChI=1S/C8H13N5/c1-2-3-11-7-4-6(8(9)10)5-12-13-7/h4-5H,2-3H2,1H3,(H3,9,10)(H,11,13). The van der Waals surface area contributed by atoms with Gasteiger partial charge in [0, 0.05) is 12.1 Å². The summed E-state index contributed by atoms with van der Waals surface area (Å²) in [6.07, 6.45) is 2.49. The summed E-state index contributed by atoms with van der Waals surface area (Å²) in [6.45, 7) is 2.91. The van der Waals surface area contributed by atoms with E-state index in [1.807, 2.05) is 0 Å². The van der Waals surface area contributed by atoms with Crippen molar-refractivity contribution in [3.05, 3.63) is 17.8 Å². The number of hydrogen-bond acceptors (Lipinski definition) is 4. The van der Waals surface area contributed by atoms with Gasteiger partial charge in [-0.15, -0.1) is 5.10 Å². The lowest BCUT2D eigenvalue weighted by molar-refractivity contribution is 0.942. The fraction of sp³-hybridized carbons (Fsp3) is 0.375. The molecule has 13 heavy (non-hydrogen) atoms. The van der Waals surface area contributed by atoms with Crippen LogP contribution in [-0.4, -0.2) is 22.6 Å². The second-order valence-electron chi connectivity index (χ2n) is 2.67. The smallest absolute Gasteiger partial charge is 0.149 e. The van der Waals surface area contributed by atoms with Gasteiger partial charge in [0.25, 0.3) is 0 Å². The van der Waals surface area contributed by atoms with Crippen LogP contribution in [0.5, 0.6) is 0 Å². The summed E-state index contributed by atoms with van der Waals surface area (Å²) in [6, 6.07) is 1.71. The summed E-state index contributed by atoms with van der Waals surface area (Å²) in [7, 11) is 0. The first kappa shape index (κ1) is 9.44. The molecule has 0 atom stereocenters. The summed E-state index contributed by atoms with van der Waals surface area (Å²) in [4.78, 5) is 0. The van der Waals surface area contributed by atoms with Crippen molar-refractivity contribution >= 4 is 11.7 Å². The van der Waals surface area contributed by atoms with E-state index < -0.39 is 0 Å². The Morgan fingerprint density at radius 3 is 3.08 bits per heavy atom. The van der Waals surface area contributed by atoms with Gasteiger partial charge in [0.05, 0.1) is 6.20 Å². The third-order valence-corrected chi connectivity index (χ3v) is 1.52. The molecule has 1 heterocycles. The second kappa shape index (κ2) is 4.39. The van der Waals surface area contributed by atoms with Crippen molar-refractivity contribution in [2.75, 3.05) is 11.9 Å². The Bertz CT molecular complexity index is 296. The quantitative estimate of drug-likeness (QED) is 0.466. The normalized spacial score (nSPS) is 9.62. The van der Waals surface area contributed by atoms with Gasteiger partial charge in [-0.05, 0) is 12.5 Å². The number of rotatable bonds is 4. The lowest BCUT2D eigenvalue weighted by Crippen LogP contribution is -2.13. The Morgan fingerprint density at radius 2 is 2.46 bits per heavy atom. The number of nitrogens with two attached hydrogens (primary N) is 1. The molecule has 5 heteroatoms. The lowest BCUT2D eigenvalue weighted by Gasteiger charge is -2.03. The molecule has 0 bridgehead atoms. The maximum absolute atomic E-state index is 7.19. The molecule has 0 amide bonds. The van der Waals surface area contributed by atoms with Crippen molar-refractivity contribution in [3.8, 4) is 0 Å². The van der Waals surface area contributed by atoms with E-state index in [2.05, 4.69) is 22.4 Å². The van der Waals surface area contributed by atoms with Crippen LogP contribution >= 0.6 is 0 Å². The SMILES string of the molecule is CCCNc1cc(C(=N)N)cnn1. The highest BCUT2D eigenvalue weighted by atomic mass is 15.2. The first-order valence-electron chi connectivity index (χ1n) is 4.15. The van der Waals surface area contributed by atoms with Crippen LogP contribution in [0.1, 0.15) is 18.9 Å². The maximum atomic E-state index is 7.19. The molecule has 5 nitrogen and oxygen atoms in total. The van der Waals surface area contributed by atoms with Gasteiger partial charge in [0.1, 0.15) is 11.7 Å². The zero-order valence-corrected chi connectivity index (χ0v) is 7.54. The predicted octanol–water partition coefficient (Wildman–Crippen LogP) is 0.583. The van der Waals surface area contributed by atoms with E-state index in [-0.39, 0.29) is 5.84 Å². The van der Waals surface area contributed by atoms with Crippen molar-refractivity contribution in [1.29, 1.82) is 5.41 Å². The molecule has 0 unspecified atom stereocenters. The predicted molar refractivity (Wildman–Crippen MR) is 51.8 cm³/mol. The van der Waals surface area contributed by atoms with E-state index in [9.17, 15) is 0 Å². The van der Waals surface area contributed by atoms with Gasteiger partial charge in [-0.1, -0.05) is 6.92 Å². The molecule has 1 aromatic heterocycles. The molecular weight excluding hydrogens is 166 g/mol. The molecule has 0 aromatic carbocycles. The molecule has 0 aliphatic rings. The minimum atomic E-state index is 0.00875. The van der Waals surface area contributed by atoms with E-state index in [1.54, 1.807) is 6.07 Å². The van der Waals surface area contributed by atoms with Gasteiger partial charge in [0.2, 0.25) is 0 Å². The molecular formula is C8H13N5. The molecule has 0 spiro atoms. The summed E-state index contributed by atoms with van der Waals surface area (Å²) >= 11 is 0. The van der Waals surface area contributed by atoms with Crippen molar-refractivity contribution < 1.29 is 0 Å². The first-order chi connectivity index (χ1) is 6.24. The molecule has 0 saturated carbocycles. The summed E-state index contributed by atoms with van der Waals surface area (Å²) in [5.41, 5.74) is 5.89. The van der Waals surface area contributed by atoms with Crippen molar-refractivity contribution in [3.63, 3.8) is 0 Å². The maximum Gasteiger partial charge on any atom is 0.149 e. The lowest BCUT2D eigenvalue weighted by atomic mass is 10.3. The van der Waals surface area contributed by atoms with Gasteiger partial charge in [-0.25, -0.2) is 0 Å². The highest BCUT2D eigenvalue weighted by Crippen LogP contribution is 2.03. The highest BCUT2D eigenvalue weighted by Gasteiger charge is 1.99. The Morgan fingerprint density at radius 1 is 1.69 bits per heavy atom. The molecule has 0 fully saturated rings. The van der Waals surface area contributed by atoms with Crippen LogP contribution in [0.2, 0.25) is 0 Å². The monoisotopic (exact) mass is 179 g/mol. The molecule has 1 aromatic rings. The minimum Gasteiger partial charge on any atom is -0.384 e. The minimum absolute atomic E-state index is 0.00875. The Balaban J connectivity index is 2.73. The average molecular weight is 179 g/mol. The van der Waals surface area contributed by atoms with E-state index in [0.29, 0.717) is 11.4 Å². The Labute approximate surface area is 76.9 Å². The fourth-order valence-electron chi connectivity index (χ4n) is 0.853. The van der Waals surface area contributed by atoms with Gasteiger partial charge in [-0.3, -0.25) is 5.41 Å². The Kier molecular flexibility index (Phi) is 3.19. The van der Waals surface area contributed by atoms with Gasteiger partial charge < -0.3 is 11.1 Å². The van der Waals surface area contributed by atoms with Crippen LogP contribution in [0.15, 0.2) is 12.3 Å². The fourth-order valence-corrected chi connectivity index (χ4v) is 0.853. The number of nitrogens with one attached hydrogen (secondary N) is 2. The first-order valence-corrected chi connectivity index (χ1v) is 4.15. The number of hydrogen-bond donors (Lipinski definition) is 3. The highest BCUT2D eigenvalue weighted by molar-refractivity contribution is 5.95. The summed E-state index contributed by atoms with van der Waals surface area (Å²) in [5, 5.41) is 17.8. The van der Waals surface area contributed by atoms with Crippen molar-refractivity contribution in [2.24, 2.45) is 5.73 Å². The van der Waals surface area contributed by atoms with E-state index in [4.69, 9.17) is 11.1 Å². The zero-order chi connectivity index (χ0) is 9.68. The number of aromatic nitrogens is 2. The van der Waals surface area contributed by atoms with Gasteiger partial charge >= 0.3 is 0 Å². The molecule has 4 N–H and O–H groups in total. The van der Waals surface area contributed by atoms with Gasteiger partial charge in [0.15, 0.2) is 0 Å². The third-order valence-electron chi connectivity index (χ3n) is 1.52. The van der Waals surface area contributed by atoms with Crippen LogP contribution in [-0.2, 0) is 0 Å². The summed E-state index contributed by atoms with van der Waals surface area (Å²) < 4.78 is 0. The number of amidine groups is 1. The Hall–Kier alpha value is -1.65. The van der Waals surface area contributed by atoms with Crippen molar-refractivity contribution in [2.45, 2.75) is 13.3 Å². The van der Waals surface area contributed by atoms with E-state index >= 15 is 0 Å². The van der Waals surface area contributed by atoms with Crippen LogP contribution in [0, 0.1) is 5.41 Å². The third kappa shape index (κ3) is 2.70. The molecule has 0 aliphatic heterocycles. The topological polar surface area (TPSA) is 87.7 Å². The zero-order valence-electron chi connectivity index (χ0n) is 7.54. The van der Waals surface area contributed by atoms with Gasteiger partial charge in [-0.2, -0.15) is 5.10 Å². The number of nitrogens with zero attached hydrogens (tertiary/aromatic N) is 2. The van der Waals surface area contributed by atoms with E-state index in [1.165, 1.54) is 6.20 Å². The molecule has 0 saturated heterocycles. The molecule has 0 radical (unpaired) electrons. The largest absolute Gasteiger partial charge is 0.384 e. The molecule has 0 aliphatic carbocycles. The summed E-state index contributed by atoms with van der Waals surface area (Å²) in [5.74, 6) is 0.670. The molecule has 70 valence electrons. The van der Waals surface area contributed by atoms with Crippen LogP contribution in [0.25, 0.3) is 0 Å². The average Bonchev–Trinajstić information content (AvgIpc) is 2.15. The second-order valence-corrected chi connectivity index (χ2v) is 2.67. The van der Waals surface area contributed by atoms with Crippen LogP contribution < -0.4 is 11.1 Å². The molecule has 1 rings (SSSR count). The van der Waals surface area contributed by atoms with Crippen LogP contribution in [0.4, 0.5) is 5.82 Å². The number of nitrogen functional groups attached to an aromatic ring is 1. The van der Waals surface area contributed by atoms with Crippen molar-refractivity contribution in [1.82, 2.24) is 10.2 Å². The van der Waals surface area contributed by atoms with E-state index in [0.717, 1.165) is 13.0 Å².